The number of carboxylic acids is 1. The average Bonchev–Trinajstić information content (AvgIpc) is 2.76. The Morgan fingerprint density at radius 1 is 1.44 bits per heavy atom. The Hall–Kier alpha value is -1.33. The predicted molar refractivity (Wildman–Crippen MR) is 53.9 cm³/mol. The van der Waals surface area contributed by atoms with Gasteiger partial charge in [-0.15, -0.1) is 0 Å². The number of halogens is 1. The Morgan fingerprint density at radius 2 is 1.94 bits per heavy atom. The van der Waals surface area contributed by atoms with Crippen LogP contribution in [0.4, 0.5) is 9.18 Å². The van der Waals surface area contributed by atoms with E-state index in [0.29, 0.717) is 0 Å². The van der Waals surface area contributed by atoms with Crippen molar-refractivity contribution >= 4 is 12.1 Å². The normalized spacial score (nSPS) is 19.8. The van der Waals surface area contributed by atoms with Crippen LogP contribution in [-0.4, -0.2) is 34.5 Å². The van der Waals surface area contributed by atoms with Gasteiger partial charge in [0.2, 0.25) is 0 Å². The Morgan fingerprint density at radius 3 is 2.25 bits per heavy atom. The zero-order valence-corrected chi connectivity index (χ0v) is 9.54. The van der Waals surface area contributed by atoms with Crippen LogP contribution in [0.1, 0.15) is 33.6 Å². The minimum atomic E-state index is -1.82. The minimum absolute atomic E-state index is 0.153. The number of rotatable bonds is 3. The molecule has 0 aromatic rings. The van der Waals surface area contributed by atoms with E-state index in [1.54, 1.807) is 20.8 Å². The number of hydrogen-bond donors (Lipinski definition) is 2. The molecule has 1 amide bonds. The second-order valence-corrected chi connectivity index (χ2v) is 4.95. The summed E-state index contributed by atoms with van der Waals surface area (Å²) in [5, 5.41) is 10.8. The molecule has 0 bridgehead atoms. The molecule has 0 radical (unpaired) electrons. The van der Waals surface area contributed by atoms with E-state index in [0.717, 1.165) is 0 Å². The Balaban J connectivity index is 2.57. The summed E-state index contributed by atoms with van der Waals surface area (Å²) in [5.74, 6) is -1.38. The van der Waals surface area contributed by atoms with Crippen LogP contribution in [0.3, 0.4) is 0 Å². The first-order valence-corrected chi connectivity index (χ1v) is 5.05. The lowest BCUT2D eigenvalue weighted by Gasteiger charge is -2.23. The molecule has 1 unspecified atom stereocenters. The Labute approximate surface area is 93.0 Å². The topological polar surface area (TPSA) is 75.6 Å². The summed E-state index contributed by atoms with van der Waals surface area (Å²) >= 11 is 0. The summed E-state index contributed by atoms with van der Waals surface area (Å²) in [4.78, 5) is 22.1. The van der Waals surface area contributed by atoms with E-state index < -0.39 is 29.4 Å². The van der Waals surface area contributed by atoms with Crippen molar-refractivity contribution < 1.29 is 23.8 Å². The highest BCUT2D eigenvalue weighted by molar-refractivity contribution is 5.82. The first-order chi connectivity index (χ1) is 7.14. The standard InChI is InChI=1S/C10H16FNO4/c1-9(2,3)16-8(15)12-6(7(13)14)10(11)4-5-10/h6H,4-5H2,1-3H3,(H,12,15)(H,13,14). The maximum atomic E-state index is 13.6. The van der Waals surface area contributed by atoms with Crippen molar-refractivity contribution in [2.75, 3.05) is 0 Å². The number of ether oxygens (including phenoxy) is 1. The number of alkyl carbamates (subject to hydrolysis) is 1. The van der Waals surface area contributed by atoms with Gasteiger partial charge >= 0.3 is 12.1 Å². The van der Waals surface area contributed by atoms with Gasteiger partial charge in [-0.25, -0.2) is 14.0 Å². The molecule has 2 N–H and O–H groups in total. The third-order valence-electron chi connectivity index (χ3n) is 2.15. The quantitative estimate of drug-likeness (QED) is 0.773. The van der Waals surface area contributed by atoms with E-state index in [2.05, 4.69) is 0 Å². The summed E-state index contributed by atoms with van der Waals surface area (Å²) in [6.07, 6.45) is -0.608. The van der Waals surface area contributed by atoms with Crippen LogP contribution in [0.15, 0.2) is 0 Å². The van der Waals surface area contributed by atoms with Gasteiger partial charge in [0.25, 0.3) is 0 Å². The number of alkyl halides is 1. The van der Waals surface area contributed by atoms with Gasteiger partial charge in [0, 0.05) is 0 Å². The molecule has 1 aliphatic rings. The predicted octanol–water partition coefficient (Wildman–Crippen LogP) is 1.47. The number of aliphatic carboxylic acids is 1. The molecule has 1 atom stereocenters. The maximum absolute atomic E-state index is 13.6. The van der Waals surface area contributed by atoms with Gasteiger partial charge in [-0.05, 0) is 33.6 Å². The minimum Gasteiger partial charge on any atom is -0.480 e. The first-order valence-electron chi connectivity index (χ1n) is 5.05. The summed E-state index contributed by atoms with van der Waals surface area (Å²) in [7, 11) is 0. The third-order valence-corrected chi connectivity index (χ3v) is 2.15. The Bertz CT molecular complexity index is 306. The highest BCUT2D eigenvalue weighted by Crippen LogP contribution is 2.43. The van der Waals surface area contributed by atoms with Crippen molar-refractivity contribution in [1.82, 2.24) is 5.32 Å². The van der Waals surface area contributed by atoms with Crippen LogP contribution in [-0.2, 0) is 9.53 Å². The van der Waals surface area contributed by atoms with Crippen LogP contribution in [0.2, 0.25) is 0 Å². The summed E-state index contributed by atoms with van der Waals surface area (Å²) in [6, 6.07) is -1.53. The van der Waals surface area contributed by atoms with Gasteiger partial charge in [0.1, 0.15) is 11.3 Å². The fraction of sp³-hybridized carbons (Fsp3) is 0.800. The van der Waals surface area contributed by atoms with E-state index in [1.807, 2.05) is 5.32 Å². The molecule has 1 rings (SSSR count). The summed E-state index contributed by atoms with van der Waals surface area (Å²) in [6.45, 7) is 4.93. The average molecular weight is 233 g/mol. The number of carbonyl (C=O) groups excluding carboxylic acids is 1. The molecule has 0 aromatic heterocycles. The largest absolute Gasteiger partial charge is 0.480 e. The molecule has 0 saturated heterocycles. The van der Waals surface area contributed by atoms with Crippen molar-refractivity contribution in [3.63, 3.8) is 0 Å². The third kappa shape index (κ3) is 3.36. The number of nitrogens with one attached hydrogen (secondary N) is 1. The van der Waals surface area contributed by atoms with Gasteiger partial charge in [-0.2, -0.15) is 0 Å². The molecule has 6 heteroatoms. The molecule has 0 heterocycles. The molecule has 5 nitrogen and oxygen atoms in total. The number of hydrogen-bond acceptors (Lipinski definition) is 3. The zero-order valence-electron chi connectivity index (χ0n) is 9.54. The monoisotopic (exact) mass is 233 g/mol. The lowest BCUT2D eigenvalue weighted by molar-refractivity contribution is -0.141. The number of carboxylic acid groups (broad SMARTS) is 1. The zero-order chi connectivity index (χ0) is 12.6. The lowest BCUT2D eigenvalue weighted by atomic mass is 10.1. The van der Waals surface area contributed by atoms with Gasteiger partial charge in [-0.3, -0.25) is 0 Å². The lowest BCUT2D eigenvalue weighted by Crippen LogP contribution is -2.49. The van der Waals surface area contributed by atoms with Crippen molar-refractivity contribution in [1.29, 1.82) is 0 Å². The van der Waals surface area contributed by atoms with Crippen LogP contribution in [0, 0.1) is 0 Å². The fourth-order valence-electron chi connectivity index (χ4n) is 1.25. The van der Waals surface area contributed by atoms with Gasteiger partial charge < -0.3 is 15.2 Å². The summed E-state index contributed by atoms with van der Waals surface area (Å²) < 4.78 is 18.4. The molecule has 0 aromatic carbocycles. The molecule has 1 fully saturated rings. The van der Waals surface area contributed by atoms with Crippen LogP contribution < -0.4 is 5.32 Å². The van der Waals surface area contributed by atoms with E-state index in [-0.39, 0.29) is 12.8 Å². The molecular weight excluding hydrogens is 217 g/mol. The maximum Gasteiger partial charge on any atom is 0.408 e. The molecule has 0 aliphatic heterocycles. The molecular formula is C10H16FNO4. The van der Waals surface area contributed by atoms with Crippen molar-refractivity contribution in [2.45, 2.75) is 50.9 Å². The molecule has 1 aliphatic carbocycles. The van der Waals surface area contributed by atoms with E-state index in [4.69, 9.17) is 9.84 Å². The van der Waals surface area contributed by atoms with Crippen LogP contribution in [0.5, 0.6) is 0 Å². The second kappa shape index (κ2) is 3.92. The highest BCUT2D eigenvalue weighted by atomic mass is 19.1. The molecule has 92 valence electrons. The number of amides is 1. The van der Waals surface area contributed by atoms with Crippen molar-refractivity contribution in [2.24, 2.45) is 0 Å². The van der Waals surface area contributed by atoms with E-state index in [9.17, 15) is 14.0 Å². The van der Waals surface area contributed by atoms with Gasteiger partial charge in [0.05, 0.1) is 0 Å². The van der Waals surface area contributed by atoms with Crippen molar-refractivity contribution in [3.05, 3.63) is 0 Å². The van der Waals surface area contributed by atoms with E-state index >= 15 is 0 Å². The molecule has 16 heavy (non-hydrogen) atoms. The smallest absolute Gasteiger partial charge is 0.408 e. The van der Waals surface area contributed by atoms with E-state index in [1.165, 1.54) is 0 Å². The van der Waals surface area contributed by atoms with Gasteiger partial charge in [0.15, 0.2) is 6.04 Å². The van der Waals surface area contributed by atoms with Crippen LogP contribution in [0.25, 0.3) is 0 Å². The highest BCUT2D eigenvalue weighted by Gasteiger charge is 2.55. The Kier molecular flexibility index (Phi) is 3.12. The van der Waals surface area contributed by atoms with Crippen LogP contribution >= 0.6 is 0 Å². The summed E-state index contributed by atoms with van der Waals surface area (Å²) in [5.41, 5.74) is -2.55. The van der Waals surface area contributed by atoms with Crippen molar-refractivity contribution in [3.8, 4) is 0 Å². The first kappa shape index (κ1) is 12.7. The van der Waals surface area contributed by atoms with Gasteiger partial charge in [-0.1, -0.05) is 0 Å². The molecule has 0 spiro atoms. The molecule has 1 saturated carbocycles. The number of carbonyl (C=O) groups is 2. The second-order valence-electron chi connectivity index (χ2n) is 4.95. The SMILES string of the molecule is CC(C)(C)OC(=O)NC(C(=O)O)C1(F)CC1. The fourth-order valence-corrected chi connectivity index (χ4v) is 1.25.